The van der Waals surface area contributed by atoms with Crippen LogP contribution in [0.25, 0.3) is 0 Å². The highest BCUT2D eigenvalue weighted by Crippen LogP contribution is 2.06. The van der Waals surface area contributed by atoms with Gasteiger partial charge in [0.05, 0.1) is 5.54 Å². The zero-order valence-electron chi connectivity index (χ0n) is 8.51. The number of carbonyl (C=O) groups is 1. The van der Waals surface area contributed by atoms with Crippen molar-refractivity contribution in [3.05, 3.63) is 0 Å². The molecule has 0 saturated carbocycles. The van der Waals surface area contributed by atoms with Gasteiger partial charge in [0.1, 0.15) is 12.1 Å². The maximum atomic E-state index is 11.0. The summed E-state index contributed by atoms with van der Waals surface area (Å²) in [4.78, 5) is 11.0. The van der Waals surface area contributed by atoms with Crippen LogP contribution in [0.15, 0.2) is 0 Å². The van der Waals surface area contributed by atoms with E-state index in [4.69, 9.17) is 17.3 Å². The first-order valence-electron chi connectivity index (χ1n) is 4.42. The number of alkyl halides is 1. The van der Waals surface area contributed by atoms with E-state index in [1.807, 2.05) is 0 Å². The number of hydrogen-bond acceptors (Lipinski definition) is 4. The van der Waals surface area contributed by atoms with Gasteiger partial charge in [0.15, 0.2) is 0 Å². The zero-order chi connectivity index (χ0) is 11.2. The first kappa shape index (κ1) is 13.6. The van der Waals surface area contributed by atoms with Gasteiger partial charge in [0.2, 0.25) is 5.91 Å². The molecule has 1 amide bonds. The van der Waals surface area contributed by atoms with Crippen molar-refractivity contribution in [1.29, 1.82) is 0 Å². The van der Waals surface area contributed by atoms with E-state index < -0.39 is 11.8 Å². The lowest BCUT2D eigenvalue weighted by Crippen LogP contribution is -2.58. The quantitative estimate of drug-likeness (QED) is 0.343. The molecule has 0 aliphatic heterocycles. The van der Waals surface area contributed by atoms with Crippen molar-refractivity contribution in [1.82, 2.24) is 10.6 Å². The number of nitrogens with one attached hydrogen (secondary N) is 2. The monoisotopic (exact) mass is 223 g/mol. The Labute approximate surface area is 89.0 Å². The van der Waals surface area contributed by atoms with Crippen LogP contribution in [0.1, 0.15) is 13.8 Å². The van der Waals surface area contributed by atoms with E-state index in [2.05, 4.69) is 10.6 Å². The fourth-order valence-electron chi connectivity index (χ4n) is 0.936. The van der Waals surface area contributed by atoms with Crippen LogP contribution < -0.4 is 16.4 Å². The minimum atomic E-state index is -0.849. The molecule has 0 bridgehead atoms. The fourth-order valence-corrected chi connectivity index (χ4v) is 1.00. The molecule has 1 atom stereocenters. The highest BCUT2D eigenvalue weighted by atomic mass is 35.5. The Morgan fingerprint density at radius 3 is 2.64 bits per heavy atom. The molecule has 0 aliphatic rings. The van der Waals surface area contributed by atoms with Crippen molar-refractivity contribution in [2.75, 3.05) is 19.0 Å². The summed E-state index contributed by atoms with van der Waals surface area (Å²) in [6.07, 6.45) is -0.849. The molecule has 84 valence electrons. The number of halogens is 1. The Bertz CT molecular complexity index is 187. The van der Waals surface area contributed by atoms with Crippen LogP contribution in [0.3, 0.4) is 0 Å². The van der Waals surface area contributed by atoms with Gasteiger partial charge in [-0.2, -0.15) is 0 Å². The molecule has 0 radical (unpaired) electrons. The molecule has 0 aromatic rings. The van der Waals surface area contributed by atoms with Crippen molar-refractivity contribution in [2.24, 2.45) is 5.73 Å². The lowest BCUT2D eigenvalue weighted by molar-refractivity contribution is -0.122. The standard InChI is InChI=1S/C8H18ClN3O2/c1-8(2,12-6(13)5-9)7(14)11-4-3-10/h7,11,14H,3-5,10H2,1-2H3,(H,12,13). The molecular weight excluding hydrogens is 206 g/mol. The van der Waals surface area contributed by atoms with Gasteiger partial charge >= 0.3 is 0 Å². The van der Waals surface area contributed by atoms with E-state index in [9.17, 15) is 9.90 Å². The summed E-state index contributed by atoms with van der Waals surface area (Å²) in [7, 11) is 0. The van der Waals surface area contributed by atoms with E-state index in [0.717, 1.165) is 0 Å². The fraction of sp³-hybridized carbons (Fsp3) is 0.875. The SMILES string of the molecule is CC(C)(NC(=O)CCl)C(O)NCCN. The Kier molecular flexibility index (Phi) is 6.03. The lowest BCUT2D eigenvalue weighted by Gasteiger charge is -2.31. The third kappa shape index (κ3) is 4.76. The van der Waals surface area contributed by atoms with E-state index >= 15 is 0 Å². The number of aliphatic hydroxyl groups is 1. The molecule has 0 spiro atoms. The van der Waals surface area contributed by atoms with Gasteiger partial charge < -0.3 is 16.2 Å². The Morgan fingerprint density at radius 2 is 2.21 bits per heavy atom. The molecule has 5 N–H and O–H groups in total. The van der Waals surface area contributed by atoms with Gasteiger partial charge in [-0.3, -0.25) is 10.1 Å². The number of hydrogen-bond donors (Lipinski definition) is 4. The second-order valence-electron chi connectivity index (χ2n) is 3.55. The summed E-state index contributed by atoms with van der Waals surface area (Å²) in [5.41, 5.74) is 4.50. The van der Waals surface area contributed by atoms with Gasteiger partial charge in [-0.15, -0.1) is 11.6 Å². The minimum absolute atomic E-state index is 0.118. The highest BCUT2D eigenvalue weighted by Gasteiger charge is 2.28. The maximum Gasteiger partial charge on any atom is 0.235 e. The van der Waals surface area contributed by atoms with Crippen LogP contribution in [0.5, 0.6) is 0 Å². The van der Waals surface area contributed by atoms with Crippen molar-refractivity contribution in [2.45, 2.75) is 25.6 Å². The average Bonchev–Trinajstić information content (AvgIpc) is 2.13. The molecule has 0 rings (SSSR count). The Hall–Kier alpha value is -0.360. The number of carbonyl (C=O) groups excluding carboxylic acids is 1. The number of rotatable bonds is 6. The molecule has 0 aromatic heterocycles. The first-order chi connectivity index (χ1) is 6.44. The largest absolute Gasteiger partial charge is 0.376 e. The van der Waals surface area contributed by atoms with Gasteiger partial charge in [0.25, 0.3) is 0 Å². The second-order valence-corrected chi connectivity index (χ2v) is 3.82. The number of nitrogens with two attached hydrogens (primary N) is 1. The van der Waals surface area contributed by atoms with E-state index in [-0.39, 0.29) is 11.8 Å². The van der Waals surface area contributed by atoms with Crippen LogP contribution in [-0.4, -0.2) is 41.8 Å². The lowest BCUT2D eigenvalue weighted by atomic mass is 10.0. The molecule has 0 saturated heterocycles. The molecule has 0 fully saturated rings. The summed E-state index contributed by atoms with van der Waals surface area (Å²) in [5, 5.41) is 15.0. The van der Waals surface area contributed by atoms with Crippen LogP contribution in [0.2, 0.25) is 0 Å². The number of aliphatic hydroxyl groups excluding tert-OH is 1. The van der Waals surface area contributed by atoms with Gasteiger partial charge in [-0.1, -0.05) is 0 Å². The van der Waals surface area contributed by atoms with Crippen LogP contribution in [0, 0.1) is 0 Å². The van der Waals surface area contributed by atoms with Crippen molar-refractivity contribution in [3.63, 3.8) is 0 Å². The third-order valence-corrected chi connectivity index (χ3v) is 1.99. The van der Waals surface area contributed by atoms with Crippen molar-refractivity contribution >= 4 is 17.5 Å². The van der Waals surface area contributed by atoms with Crippen molar-refractivity contribution < 1.29 is 9.90 Å². The van der Waals surface area contributed by atoms with E-state index in [1.165, 1.54) is 0 Å². The molecule has 0 aliphatic carbocycles. The van der Waals surface area contributed by atoms with Crippen LogP contribution in [-0.2, 0) is 4.79 Å². The summed E-state index contributed by atoms with van der Waals surface area (Å²) in [6, 6.07) is 0. The number of amides is 1. The molecular formula is C8H18ClN3O2. The van der Waals surface area contributed by atoms with Gasteiger partial charge in [-0.25, -0.2) is 0 Å². The summed E-state index contributed by atoms with van der Waals surface area (Å²) < 4.78 is 0. The average molecular weight is 224 g/mol. The molecule has 6 heteroatoms. The van der Waals surface area contributed by atoms with Crippen LogP contribution in [0.4, 0.5) is 0 Å². The highest BCUT2D eigenvalue weighted by molar-refractivity contribution is 6.27. The van der Waals surface area contributed by atoms with E-state index in [0.29, 0.717) is 13.1 Å². The van der Waals surface area contributed by atoms with Crippen molar-refractivity contribution in [3.8, 4) is 0 Å². The summed E-state index contributed by atoms with van der Waals surface area (Å²) >= 11 is 5.33. The smallest absolute Gasteiger partial charge is 0.235 e. The third-order valence-electron chi connectivity index (χ3n) is 1.75. The topological polar surface area (TPSA) is 87.4 Å². The maximum absolute atomic E-state index is 11.0. The second kappa shape index (κ2) is 6.19. The predicted molar refractivity (Wildman–Crippen MR) is 56.0 cm³/mol. The minimum Gasteiger partial charge on any atom is -0.376 e. The van der Waals surface area contributed by atoms with Crippen LogP contribution >= 0.6 is 11.6 Å². The van der Waals surface area contributed by atoms with Gasteiger partial charge in [-0.05, 0) is 13.8 Å². The molecule has 5 nitrogen and oxygen atoms in total. The first-order valence-corrected chi connectivity index (χ1v) is 4.96. The summed E-state index contributed by atoms with van der Waals surface area (Å²) in [5.74, 6) is -0.433. The van der Waals surface area contributed by atoms with E-state index in [1.54, 1.807) is 13.8 Å². The Morgan fingerprint density at radius 1 is 1.64 bits per heavy atom. The molecule has 0 heterocycles. The molecule has 1 unspecified atom stereocenters. The zero-order valence-corrected chi connectivity index (χ0v) is 9.27. The Balaban J connectivity index is 4.08. The molecule has 0 aromatic carbocycles. The van der Waals surface area contributed by atoms with Gasteiger partial charge in [0, 0.05) is 13.1 Å². The normalized spacial score (nSPS) is 13.8. The predicted octanol–water partition coefficient (Wildman–Crippen LogP) is -1.01. The molecule has 14 heavy (non-hydrogen) atoms. The summed E-state index contributed by atoms with van der Waals surface area (Å²) in [6.45, 7) is 4.31.